The fraction of sp³-hybridized carbons (Fsp3) is 0.125. The van der Waals surface area contributed by atoms with Gasteiger partial charge in [-0.3, -0.25) is 4.79 Å². The van der Waals surface area contributed by atoms with Crippen LogP contribution in [0, 0.1) is 0 Å². The van der Waals surface area contributed by atoms with Gasteiger partial charge < -0.3 is 10.2 Å². The van der Waals surface area contributed by atoms with E-state index in [1.165, 1.54) is 6.08 Å². The molecule has 102 valence electrons. The SMILES string of the molecule is O=C(O)C/C=C(\Cc1ccc2ccccc2c1)C(=O)O. The molecule has 0 aliphatic heterocycles. The van der Waals surface area contributed by atoms with Gasteiger partial charge in [-0.2, -0.15) is 0 Å². The molecule has 0 atom stereocenters. The molecule has 0 unspecified atom stereocenters. The first-order valence-corrected chi connectivity index (χ1v) is 6.18. The second-order valence-electron chi connectivity index (χ2n) is 4.49. The maximum absolute atomic E-state index is 11.1. The zero-order valence-corrected chi connectivity index (χ0v) is 10.7. The minimum Gasteiger partial charge on any atom is -0.481 e. The number of hydrogen-bond acceptors (Lipinski definition) is 2. The van der Waals surface area contributed by atoms with Crippen molar-refractivity contribution in [3.05, 3.63) is 59.7 Å². The largest absolute Gasteiger partial charge is 0.481 e. The van der Waals surface area contributed by atoms with Gasteiger partial charge >= 0.3 is 11.9 Å². The van der Waals surface area contributed by atoms with Gasteiger partial charge in [-0.25, -0.2) is 4.79 Å². The average Bonchev–Trinajstić information content (AvgIpc) is 2.42. The Bertz CT molecular complexity index is 686. The number of rotatable bonds is 5. The molecule has 0 amide bonds. The summed E-state index contributed by atoms with van der Waals surface area (Å²) < 4.78 is 0. The van der Waals surface area contributed by atoms with Crippen LogP contribution < -0.4 is 0 Å². The van der Waals surface area contributed by atoms with Gasteiger partial charge in [0.05, 0.1) is 6.42 Å². The number of carbonyl (C=O) groups is 2. The maximum atomic E-state index is 11.1. The van der Waals surface area contributed by atoms with Crippen LogP contribution in [0.3, 0.4) is 0 Å². The van der Waals surface area contributed by atoms with Crippen LogP contribution in [0.1, 0.15) is 12.0 Å². The highest BCUT2D eigenvalue weighted by molar-refractivity contribution is 5.89. The van der Waals surface area contributed by atoms with Gasteiger partial charge in [0.15, 0.2) is 0 Å². The summed E-state index contributed by atoms with van der Waals surface area (Å²) in [7, 11) is 0. The fourth-order valence-electron chi connectivity index (χ4n) is 2.01. The molecule has 2 rings (SSSR count). The monoisotopic (exact) mass is 270 g/mol. The molecule has 0 spiro atoms. The average molecular weight is 270 g/mol. The molecule has 20 heavy (non-hydrogen) atoms. The topological polar surface area (TPSA) is 74.6 Å². The third-order valence-electron chi connectivity index (χ3n) is 3.01. The van der Waals surface area contributed by atoms with Crippen LogP contribution in [0.4, 0.5) is 0 Å². The number of fused-ring (bicyclic) bond motifs is 1. The van der Waals surface area contributed by atoms with E-state index in [1.807, 2.05) is 42.5 Å². The first-order chi connectivity index (χ1) is 9.56. The molecule has 2 aromatic carbocycles. The van der Waals surface area contributed by atoms with Crippen LogP contribution in [0.5, 0.6) is 0 Å². The predicted octanol–water partition coefficient (Wildman–Crippen LogP) is 2.87. The summed E-state index contributed by atoms with van der Waals surface area (Å²) in [6, 6.07) is 13.5. The fourth-order valence-corrected chi connectivity index (χ4v) is 2.01. The summed E-state index contributed by atoms with van der Waals surface area (Å²) in [4.78, 5) is 21.6. The highest BCUT2D eigenvalue weighted by Gasteiger charge is 2.09. The van der Waals surface area contributed by atoms with Crippen molar-refractivity contribution in [1.29, 1.82) is 0 Å². The maximum Gasteiger partial charge on any atom is 0.331 e. The number of aliphatic carboxylic acids is 2. The van der Waals surface area contributed by atoms with Gasteiger partial charge in [-0.15, -0.1) is 0 Å². The van der Waals surface area contributed by atoms with Gasteiger partial charge in [0.2, 0.25) is 0 Å². The van der Waals surface area contributed by atoms with Crippen LogP contribution in [-0.2, 0) is 16.0 Å². The summed E-state index contributed by atoms with van der Waals surface area (Å²) in [5, 5.41) is 19.8. The molecule has 0 saturated carbocycles. The summed E-state index contributed by atoms with van der Waals surface area (Å²) >= 11 is 0. The molecule has 0 aliphatic rings. The van der Waals surface area contributed by atoms with Crippen LogP contribution in [0.15, 0.2) is 54.1 Å². The molecule has 0 saturated heterocycles. The molecule has 0 aliphatic carbocycles. The molecule has 0 radical (unpaired) electrons. The van der Waals surface area contributed by atoms with E-state index in [0.29, 0.717) is 0 Å². The Morgan fingerprint density at radius 3 is 2.35 bits per heavy atom. The lowest BCUT2D eigenvalue weighted by Crippen LogP contribution is -2.05. The lowest BCUT2D eigenvalue weighted by Gasteiger charge is -2.05. The summed E-state index contributed by atoms with van der Waals surface area (Å²) in [5.74, 6) is -2.12. The van der Waals surface area contributed by atoms with Crippen molar-refractivity contribution in [2.24, 2.45) is 0 Å². The van der Waals surface area contributed by atoms with Crippen LogP contribution in [0.2, 0.25) is 0 Å². The summed E-state index contributed by atoms with van der Waals surface area (Å²) in [6.07, 6.45) is 1.18. The Morgan fingerprint density at radius 1 is 1.00 bits per heavy atom. The first-order valence-electron chi connectivity index (χ1n) is 6.18. The molecule has 2 N–H and O–H groups in total. The summed E-state index contributed by atoms with van der Waals surface area (Å²) in [6.45, 7) is 0. The Hall–Kier alpha value is -2.62. The predicted molar refractivity (Wildman–Crippen MR) is 75.6 cm³/mol. The standard InChI is InChI=1S/C16H14O4/c17-15(18)8-7-14(16(19)20)10-11-5-6-12-3-1-2-4-13(12)9-11/h1-7,9H,8,10H2,(H,17,18)(H,19,20)/b14-7+. The second-order valence-corrected chi connectivity index (χ2v) is 4.49. The van der Waals surface area contributed by atoms with Crippen molar-refractivity contribution in [1.82, 2.24) is 0 Å². The van der Waals surface area contributed by atoms with Gasteiger partial charge in [0, 0.05) is 12.0 Å². The zero-order valence-electron chi connectivity index (χ0n) is 10.7. The molecule has 4 nitrogen and oxygen atoms in total. The quantitative estimate of drug-likeness (QED) is 0.819. The number of carboxylic acid groups (broad SMARTS) is 2. The number of benzene rings is 2. The lowest BCUT2D eigenvalue weighted by molar-refractivity contribution is -0.136. The van der Waals surface area contributed by atoms with E-state index in [2.05, 4.69) is 0 Å². The van der Waals surface area contributed by atoms with E-state index in [9.17, 15) is 9.59 Å². The summed E-state index contributed by atoms with van der Waals surface area (Å²) in [5.41, 5.74) is 0.949. The van der Waals surface area contributed by atoms with E-state index < -0.39 is 11.9 Å². The van der Waals surface area contributed by atoms with Crippen LogP contribution in [0.25, 0.3) is 10.8 Å². The van der Waals surface area contributed by atoms with Crippen molar-refractivity contribution in [3.8, 4) is 0 Å². The Morgan fingerprint density at radius 2 is 1.70 bits per heavy atom. The van der Waals surface area contributed by atoms with Gasteiger partial charge in [0.1, 0.15) is 0 Å². The van der Waals surface area contributed by atoms with Crippen LogP contribution in [-0.4, -0.2) is 22.2 Å². The molecular weight excluding hydrogens is 256 g/mol. The van der Waals surface area contributed by atoms with E-state index in [4.69, 9.17) is 10.2 Å². The molecule has 2 aromatic rings. The van der Waals surface area contributed by atoms with Crippen molar-refractivity contribution in [2.75, 3.05) is 0 Å². The first kappa shape index (κ1) is 13.8. The van der Waals surface area contributed by atoms with Gasteiger partial charge in [-0.05, 0) is 16.3 Å². The van der Waals surface area contributed by atoms with Crippen molar-refractivity contribution in [3.63, 3.8) is 0 Å². The lowest BCUT2D eigenvalue weighted by atomic mass is 10.0. The molecule has 0 aromatic heterocycles. The highest BCUT2D eigenvalue weighted by Crippen LogP contribution is 2.18. The van der Waals surface area contributed by atoms with Gasteiger partial charge in [0.25, 0.3) is 0 Å². The molecule has 0 heterocycles. The highest BCUT2D eigenvalue weighted by atomic mass is 16.4. The zero-order chi connectivity index (χ0) is 14.5. The second kappa shape index (κ2) is 6.02. The van der Waals surface area contributed by atoms with Crippen molar-refractivity contribution >= 4 is 22.7 Å². The van der Waals surface area contributed by atoms with Crippen molar-refractivity contribution < 1.29 is 19.8 Å². The number of carboxylic acids is 2. The Labute approximate surface area is 116 Å². The molecule has 0 bridgehead atoms. The third-order valence-corrected chi connectivity index (χ3v) is 3.01. The Kier molecular flexibility index (Phi) is 4.15. The minimum atomic E-state index is -1.08. The van der Waals surface area contributed by atoms with E-state index >= 15 is 0 Å². The molecule has 0 fully saturated rings. The van der Waals surface area contributed by atoms with Crippen LogP contribution >= 0.6 is 0 Å². The number of hydrogen-bond donors (Lipinski definition) is 2. The van der Waals surface area contributed by atoms with Crippen molar-refractivity contribution in [2.45, 2.75) is 12.8 Å². The van der Waals surface area contributed by atoms with Gasteiger partial charge in [-0.1, -0.05) is 48.5 Å². The Balaban J connectivity index is 2.26. The van der Waals surface area contributed by atoms with E-state index in [-0.39, 0.29) is 18.4 Å². The van der Waals surface area contributed by atoms with E-state index in [1.54, 1.807) is 0 Å². The van der Waals surface area contributed by atoms with E-state index in [0.717, 1.165) is 16.3 Å². The smallest absolute Gasteiger partial charge is 0.331 e. The normalized spacial score (nSPS) is 11.5. The molecule has 4 heteroatoms. The minimum absolute atomic E-state index is 0.0997. The third kappa shape index (κ3) is 3.45. The molecular formula is C16H14O4.